The average Bonchev–Trinajstić information content (AvgIpc) is 3.59. The van der Waals surface area contributed by atoms with Crippen molar-refractivity contribution in [1.29, 1.82) is 0 Å². The van der Waals surface area contributed by atoms with Crippen LogP contribution in [0, 0.1) is 0 Å². The summed E-state index contributed by atoms with van der Waals surface area (Å²) in [6.45, 7) is 7.92. The number of para-hydroxylation sites is 2. The molecule has 3 N–H and O–H groups in total. The Morgan fingerprint density at radius 2 is 1.72 bits per heavy atom. The minimum atomic E-state index is -0.528. The number of aromatic nitrogens is 3. The zero-order chi connectivity index (χ0) is 27.4. The number of carbonyl (C=O) groups is 2. The van der Waals surface area contributed by atoms with Crippen LogP contribution in [0.5, 0.6) is 0 Å². The molecule has 3 heterocycles. The number of rotatable bonds is 6. The summed E-state index contributed by atoms with van der Waals surface area (Å²) in [5, 5.41) is 15.7. The Morgan fingerprint density at radius 1 is 1.00 bits per heavy atom. The van der Waals surface area contributed by atoms with E-state index in [0.717, 1.165) is 16.9 Å². The SMILES string of the molecule is CC(C)(C)OC(=O)N1CCN(c2ccccc2NC(=O)c2csc(Nc3cc(-c4ccccc4)[nH]n3)n2)CC1. The van der Waals surface area contributed by atoms with Crippen molar-refractivity contribution in [2.45, 2.75) is 26.4 Å². The van der Waals surface area contributed by atoms with E-state index in [0.29, 0.717) is 48.5 Å². The molecular weight excluding hydrogens is 514 g/mol. The number of ether oxygens (including phenoxy) is 1. The molecule has 1 aliphatic rings. The van der Waals surface area contributed by atoms with Gasteiger partial charge in [-0.3, -0.25) is 9.89 Å². The molecule has 0 spiro atoms. The molecule has 0 bridgehead atoms. The Morgan fingerprint density at radius 3 is 2.46 bits per heavy atom. The number of amides is 2. The van der Waals surface area contributed by atoms with Crippen molar-refractivity contribution in [1.82, 2.24) is 20.1 Å². The Balaban J connectivity index is 1.20. The van der Waals surface area contributed by atoms with Crippen LogP contribution >= 0.6 is 11.3 Å². The molecule has 0 radical (unpaired) electrons. The van der Waals surface area contributed by atoms with Gasteiger partial charge in [0.1, 0.15) is 11.3 Å². The number of thiazole rings is 1. The van der Waals surface area contributed by atoms with Crippen LogP contribution in [-0.4, -0.2) is 63.9 Å². The van der Waals surface area contributed by atoms with Crippen molar-refractivity contribution < 1.29 is 14.3 Å². The summed E-state index contributed by atoms with van der Waals surface area (Å²) >= 11 is 1.33. The lowest BCUT2D eigenvalue weighted by Gasteiger charge is -2.37. The number of benzene rings is 2. The molecule has 202 valence electrons. The molecule has 1 saturated heterocycles. The predicted octanol–water partition coefficient (Wildman–Crippen LogP) is 5.59. The quantitative estimate of drug-likeness (QED) is 0.289. The van der Waals surface area contributed by atoms with Gasteiger partial charge in [0.15, 0.2) is 10.9 Å². The van der Waals surface area contributed by atoms with E-state index in [-0.39, 0.29) is 12.0 Å². The summed E-state index contributed by atoms with van der Waals surface area (Å²) in [5.41, 5.74) is 3.28. The third kappa shape index (κ3) is 6.55. The first-order valence-electron chi connectivity index (χ1n) is 12.7. The largest absolute Gasteiger partial charge is 0.444 e. The maximum atomic E-state index is 13.1. The van der Waals surface area contributed by atoms with Gasteiger partial charge in [-0.25, -0.2) is 9.78 Å². The number of nitrogens with one attached hydrogen (secondary N) is 3. The van der Waals surface area contributed by atoms with Crippen molar-refractivity contribution in [2.24, 2.45) is 0 Å². The van der Waals surface area contributed by atoms with Gasteiger partial charge in [0.05, 0.1) is 17.1 Å². The van der Waals surface area contributed by atoms with Gasteiger partial charge in [0.25, 0.3) is 5.91 Å². The second-order valence-electron chi connectivity index (χ2n) is 10.1. The highest BCUT2D eigenvalue weighted by atomic mass is 32.1. The third-order valence-electron chi connectivity index (χ3n) is 6.06. The fraction of sp³-hybridized carbons (Fsp3) is 0.286. The van der Waals surface area contributed by atoms with E-state index < -0.39 is 5.60 Å². The predicted molar refractivity (Wildman–Crippen MR) is 154 cm³/mol. The van der Waals surface area contributed by atoms with Crippen molar-refractivity contribution >= 4 is 45.7 Å². The Kier molecular flexibility index (Phi) is 7.51. The average molecular weight is 546 g/mol. The molecule has 2 amide bonds. The number of hydrogen-bond donors (Lipinski definition) is 3. The van der Waals surface area contributed by atoms with Crippen LogP contribution in [-0.2, 0) is 4.74 Å². The number of nitrogens with zero attached hydrogens (tertiary/aromatic N) is 4. The fourth-order valence-electron chi connectivity index (χ4n) is 4.19. The molecule has 2 aromatic carbocycles. The first-order valence-corrected chi connectivity index (χ1v) is 13.6. The second-order valence-corrected chi connectivity index (χ2v) is 11.0. The molecule has 4 aromatic rings. The maximum Gasteiger partial charge on any atom is 0.410 e. The van der Waals surface area contributed by atoms with Crippen LogP contribution in [0.2, 0.25) is 0 Å². The number of carbonyl (C=O) groups excluding carboxylic acids is 2. The molecule has 0 aliphatic carbocycles. The van der Waals surface area contributed by atoms with Gasteiger partial charge in [-0.05, 0) is 38.5 Å². The van der Waals surface area contributed by atoms with Gasteiger partial charge in [-0.15, -0.1) is 11.3 Å². The van der Waals surface area contributed by atoms with Crippen molar-refractivity contribution in [3.8, 4) is 11.3 Å². The monoisotopic (exact) mass is 545 g/mol. The van der Waals surface area contributed by atoms with E-state index >= 15 is 0 Å². The van der Waals surface area contributed by atoms with E-state index in [2.05, 4.69) is 30.7 Å². The van der Waals surface area contributed by atoms with Gasteiger partial charge in [-0.2, -0.15) is 5.10 Å². The standard InChI is InChI=1S/C28H31N7O3S/c1-28(2,3)38-27(37)35-15-13-34(14-16-35)23-12-8-7-11-20(23)29-25(36)22-18-39-26(30-22)31-24-17-21(32-33-24)19-9-5-4-6-10-19/h4-12,17-18H,13-16H2,1-3H3,(H,29,36)(H2,30,31,32,33). The summed E-state index contributed by atoms with van der Waals surface area (Å²) in [7, 11) is 0. The van der Waals surface area contributed by atoms with Gasteiger partial charge in [0, 0.05) is 37.6 Å². The molecule has 5 rings (SSSR count). The highest BCUT2D eigenvalue weighted by Gasteiger charge is 2.27. The van der Waals surface area contributed by atoms with E-state index in [1.807, 2.05) is 81.4 Å². The molecule has 10 nitrogen and oxygen atoms in total. The maximum absolute atomic E-state index is 13.1. The van der Waals surface area contributed by atoms with Crippen LogP contribution in [0.15, 0.2) is 66.0 Å². The zero-order valence-corrected chi connectivity index (χ0v) is 22.9. The number of piperazine rings is 1. The van der Waals surface area contributed by atoms with Gasteiger partial charge >= 0.3 is 6.09 Å². The number of H-pyrrole nitrogens is 1. The minimum Gasteiger partial charge on any atom is -0.444 e. The third-order valence-corrected chi connectivity index (χ3v) is 6.82. The molecular formula is C28H31N7O3S. The van der Waals surface area contributed by atoms with Gasteiger partial charge < -0.3 is 25.2 Å². The molecule has 0 atom stereocenters. The minimum absolute atomic E-state index is 0.300. The second kappa shape index (κ2) is 11.2. The summed E-state index contributed by atoms with van der Waals surface area (Å²) in [5.74, 6) is 0.317. The Bertz CT molecular complexity index is 1440. The highest BCUT2D eigenvalue weighted by molar-refractivity contribution is 7.14. The van der Waals surface area contributed by atoms with Gasteiger partial charge in [0.2, 0.25) is 0 Å². The lowest BCUT2D eigenvalue weighted by Crippen LogP contribution is -2.50. The lowest BCUT2D eigenvalue weighted by atomic mass is 10.2. The van der Waals surface area contributed by atoms with Gasteiger partial charge in [-0.1, -0.05) is 42.5 Å². The van der Waals surface area contributed by atoms with Crippen LogP contribution in [0.1, 0.15) is 31.3 Å². The zero-order valence-electron chi connectivity index (χ0n) is 22.1. The molecule has 1 fully saturated rings. The van der Waals surface area contributed by atoms with E-state index in [4.69, 9.17) is 4.74 Å². The van der Waals surface area contributed by atoms with E-state index in [1.54, 1.807) is 10.3 Å². The Hall–Kier alpha value is -4.38. The molecule has 1 aliphatic heterocycles. The molecule has 0 unspecified atom stereocenters. The summed E-state index contributed by atoms with van der Waals surface area (Å²) in [6, 6.07) is 19.5. The summed E-state index contributed by atoms with van der Waals surface area (Å²) in [6.07, 6.45) is -0.303. The summed E-state index contributed by atoms with van der Waals surface area (Å²) < 4.78 is 5.50. The van der Waals surface area contributed by atoms with Crippen molar-refractivity contribution in [3.05, 3.63) is 71.7 Å². The van der Waals surface area contributed by atoms with E-state index in [1.165, 1.54) is 11.3 Å². The first-order chi connectivity index (χ1) is 18.7. The molecule has 39 heavy (non-hydrogen) atoms. The normalized spacial score (nSPS) is 13.7. The smallest absolute Gasteiger partial charge is 0.410 e. The molecule has 0 saturated carbocycles. The Labute approximate surface area is 231 Å². The molecule has 2 aromatic heterocycles. The highest BCUT2D eigenvalue weighted by Crippen LogP contribution is 2.29. The van der Waals surface area contributed by atoms with Crippen LogP contribution in [0.4, 0.5) is 27.1 Å². The van der Waals surface area contributed by atoms with Crippen LogP contribution in [0.25, 0.3) is 11.3 Å². The number of aromatic amines is 1. The van der Waals surface area contributed by atoms with E-state index in [9.17, 15) is 9.59 Å². The summed E-state index contributed by atoms with van der Waals surface area (Å²) in [4.78, 5) is 33.8. The van der Waals surface area contributed by atoms with Crippen LogP contribution < -0.4 is 15.5 Å². The van der Waals surface area contributed by atoms with Crippen molar-refractivity contribution in [3.63, 3.8) is 0 Å². The first kappa shape index (κ1) is 26.2. The van der Waals surface area contributed by atoms with Crippen molar-refractivity contribution in [2.75, 3.05) is 41.7 Å². The van der Waals surface area contributed by atoms with Crippen LogP contribution in [0.3, 0.4) is 0 Å². The fourth-order valence-corrected chi connectivity index (χ4v) is 4.89. The number of hydrogen-bond acceptors (Lipinski definition) is 8. The topological polar surface area (TPSA) is 115 Å². The number of anilines is 4. The molecule has 11 heteroatoms. The lowest BCUT2D eigenvalue weighted by molar-refractivity contribution is 0.0240.